The fraction of sp³-hybridized carbons (Fsp3) is 0.0741. The third-order valence-corrected chi connectivity index (χ3v) is 6.76. The minimum absolute atomic E-state index is 0.0755. The van der Waals surface area contributed by atoms with Crippen LogP contribution in [0.25, 0.3) is 17.0 Å². The summed E-state index contributed by atoms with van der Waals surface area (Å²) in [4.78, 5) is 38.6. The van der Waals surface area contributed by atoms with Crippen molar-refractivity contribution in [3.8, 4) is 0 Å². The summed E-state index contributed by atoms with van der Waals surface area (Å²) in [5.74, 6) is -6.80. The van der Waals surface area contributed by atoms with Crippen molar-refractivity contribution < 1.29 is 31.9 Å². The van der Waals surface area contributed by atoms with Gasteiger partial charge in [-0.2, -0.15) is 0 Å². The molecule has 0 spiro atoms. The molecule has 1 saturated heterocycles. The molecule has 2 heterocycles. The number of imide groups is 1. The molecule has 3 amide bonds. The van der Waals surface area contributed by atoms with Gasteiger partial charge in [-0.1, -0.05) is 30.3 Å². The maximum absolute atomic E-state index is 13.9. The van der Waals surface area contributed by atoms with Crippen LogP contribution in [0, 0.1) is 23.3 Å². The highest BCUT2D eigenvalue weighted by Gasteiger charge is 2.36. The lowest BCUT2D eigenvalue weighted by Crippen LogP contribution is -2.36. The number of halogens is 4. The first-order chi connectivity index (χ1) is 18.2. The molecule has 0 bridgehead atoms. The molecule has 1 fully saturated rings. The van der Waals surface area contributed by atoms with Crippen LogP contribution in [0.1, 0.15) is 11.1 Å². The van der Waals surface area contributed by atoms with E-state index in [9.17, 15) is 31.9 Å². The molecular formula is C27H17F4N3O3S. The molecule has 0 saturated carbocycles. The summed E-state index contributed by atoms with van der Waals surface area (Å²) in [6.07, 6.45) is 3.35. The standard InChI is InChI=1S/C27H17F4N3O3S/c28-17-7-5-15(6-8-17)12-33-13-16(18-3-1-2-4-21(18)33)11-22-26(36)34(27(37)38-22)14-23(35)32-20-10-9-19(29)24(30)25(20)31/h1-11,13H,12,14H2,(H,32,35)/b22-11-. The second-order valence-electron chi connectivity index (χ2n) is 8.39. The monoisotopic (exact) mass is 539 g/mol. The van der Waals surface area contributed by atoms with Crippen LogP contribution in [0.15, 0.2) is 71.8 Å². The number of thioether (sulfide) groups is 1. The van der Waals surface area contributed by atoms with Gasteiger partial charge in [0.2, 0.25) is 5.91 Å². The van der Waals surface area contributed by atoms with E-state index in [-0.39, 0.29) is 10.7 Å². The van der Waals surface area contributed by atoms with E-state index >= 15 is 0 Å². The van der Waals surface area contributed by atoms with E-state index in [2.05, 4.69) is 0 Å². The SMILES string of the molecule is O=C(CN1C(=O)S/C(=C\c2cn(Cc3ccc(F)cc3)c3ccccc23)C1=O)Nc1ccc(F)c(F)c1F. The first-order valence-electron chi connectivity index (χ1n) is 11.2. The minimum Gasteiger partial charge on any atom is -0.342 e. The lowest BCUT2D eigenvalue weighted by Gasteiger charge is -2.13. The third kappa shape index (κ3) is 4.92. The molecule has 5 rings (SSSR count). The van der Waals surface area contributed by atoms with Crippen LogP contribution < -0.4 is 5.32 Å². The topological polar surface area (TPSA) is 71.4 Å². The van der Waals surface area contributed by atoms with Crippen LogP contribution in [0.2, 0.25) is 0 Å². The summed E-state index contributed by atoms with van der Waals surface area (Å²) in [7, 11) is 0. The Morgan fingerprint density at radius 1 is 0.921 bits per heavy atom. The Hall–Kier alpha value is -4.38. The Bertz CT molecular complexity index is 1630. The van der Waals surface area contributed by atoms with Crippen molar-refractivity contribution in [1.29, 1.82) is 0 Å². The summed E-state index contributed by atoms with van der Waals surface area (Å²) >= 11 is 0.640. The number of carbonyl (C=O) groups is 3. The van der Waals surface area contributed by atoms with Crippen molar-refractivity contribution in [1.82, 2.24) is 9.47 Å². The number of hydrogen-bond donors (Lipinski definition) is 1. The van der Waals surface area contributed by atoms with Gasteiger partial charge in [0, 0.05) is 29.2 Å². The first-order valence-corrected chi connectivity index (χ1v) is 12.0. The average Bonchev–Trinajstić information content (AvgIpc) is 3.37. The fourth-order valence-corrected chi connectivity index (χ4v) is 4.87. The molecule has 11 heteroatoms. The zero-order valence-electron chi connectivity index (χ0n) is 19.4. The summed E-state index contributed by atoms with van der Waals surface area (Å²) in [5, 5.41) is 2.14. The number of fused-ring (bicyclic) bond motifs is 1. The van der Waals surface area contributed by atoms with E-state index in [0.29, 0.717) is 34.8 Å². The van der Waals surface area contributed by atoms with E-state index in [1.165, 1.54) is 12.1 Å². The summed E-state index contributed by atoms with van der Waals surface area (Å²) in [6.45, 7) is -0.302. The van der Waals surface area contributed by atoms with Gasteiger partial charge in [0.25, 0.3) is 11.1 Å². The summed E-state index contributed by atoms with van der Waals surface area (Å²) in [5.41, 5.74) is 1.75. The second kappa shape index (κ2) is 10.2. The molecule has 0 atom stereocenters. The zero-order chi connectivity index (χ0) is 27.0. The second-order valence-corrected chi connectivity index (χ2v) is 9.39. The van der Waals surface area contributed by atoms with Gasteiger partial charge in [-0.05, 0) is 53.7 Å². The highest BCUT2D eigenvalue weighted by molar-refractivity contribution is 8.18. The molecule has 192 valence electrons. The van der Waals surface area contributed by atoms with Crippen molar-refractivity contribution in [3.05, 3.63) is 106 Å². The number of nitrogens with zero attached hydrogens (tertiary/aromatic N) is 2. The Kier molecular flexibility index (Phi) is 6.77. The molecule has 1 aliphatic rings. The summed E-state index contributed by atoms with van der Waals surface area (Å²) < 4.78 is 55.7. The predicted octanol–water partition coefficient (Wildman–Crippen LogP) is 5.92. The third-order valence-electron chi connectivity index (χ3n) is 5.86. The molecule has 1 aromatic heterocycles. The van der Waals surface area contributed by atoms with E-state index in [1.807, 2.05) is 34.1 Å². The molecule has 0 unspecified atom stereocenters. The Labute approximate surface area is 217 Å². The van der Waals surface area contributed by atoms with Crippen molar-refractivity contribution in [2.75, 3.05) is 11.9 Å². The number of carbonyl (C=O) groups excluding carboxylic acids is 3. The summed E-state index contributed by atoms with van der Waals surface area (Å²) in [6, 6.07) is 15.0. The highest BCUT2D eigenvalue weighted by Crippen LogP contribution is 2.34. The van der Waals surface area contributed by atoms with Crippen molar-refractivity contribution in [2.24, 2.45) is 0 Å². The number of rotatable bonds is 6. The minimum atomic E-state index is -1.75. The van der Waals surface area contributed by atoms with Crippen LogP contribution in [-0.4, -0.2) is 33.1 Å². The highest BCUT2D eigenvalue weighted by atomic mass is 32.2. The first kappa shape index (κ1) is 25.3. The van der Waals surface area contributed by atoms with Gasteiger partial charge in [-0.3, -0.25) is 19.3 Å². The van der Waals surface area contributed by atoms with Gasteiger partial charge >= 0.3 is 0 Å². The fourth-order valence-electron chi connectivity index (χ4n) is 4.04. The molecule has 38 heavy (non-hydrogen) atoms. The van der Waals surface area contributed by atoms with E-state index in [4.69, 9.17) is 0 Å². The van der Waals surface area contributed by atoms with Crippen molar-refractivity contribution in [2.45, 2.75) is 6.54 Å². The van der Waals surface area contributed by atoms with Crippen LogP contribution >= 0.6 is 11.8 Å². The number of hydrogen-bond acceptors (Lipinski definition) is 4. The quantitative estimate of drug-likeness (QED) is 0.188. The van der Waals surface area contributed by atoms with Gasteiger partial charge in [0.1, 0.15) is 12.4 Å². The maximum atomic E-state index is 13.9. The van der Waals surface area contributed by atoms with Gasteiger partial charge in [0.05, 0.1) is 10.6 Å². The number of para-hydroxylation sites is 1. The predicted molar refractivity (Wildman–Crippen MR) is 135 cm³/mol. The Balaban J connectivity index is 1.36. The van der Waals surface area contributed by atoms with Crippen molar-refractivity contribution >= 4 is 51.5 Å². The molecule has 0 aliphatic carbocycles. The zero-order valence-corrected chi connectivity index (χ0v) is 20.2. The van der Waals surface area contributed by atoms with E-state index in [1.54, 1.807) is 24.4 Å². The van der Waals surface area contributed by atoms with Gasteiger partial charge < -0.3 is 9.88 Å². The van der Waals surface area contributed by atoms with Crippen LogP contribution in [0.5, 0.6) is 0 Å². The molecule has 3 aromatic carbocycles. The molecule has 0 radical (unpaired) electrons. The van der Waals surface area contributed by atoms with Gasteiger partial charge in [-0.15, -0.1) is 0 Å². The van der Waals surface area contributed by atoms with Crippen molar-refractivity contribution in [3.63, 3.8) is 0 Å². The van der Waals surface area contributed by atoms with Crippen LogP contribution in [0.4, 0.5) is 28.0 Å². The van der Waals surface area contributed by atoms with E-state index < -0.39 is 46.7 Å². The smallest absolute Gasteiger partial charge is 0.294 e. The number of aromatic nitrogens is 1. The lowest BCUT2D eigenvalue weighted by atomic mass is 10.1. The normalized spacial score (nSPS) is 14.6. The Morgan fingerprint density at radius 3 is 2.42 bits per heavy atom. The van der Waals surface area contributed by atoms with Crippen LogP contribution in [-0.2, 0) is 16.1 Å². The van der Waals surface area contributed by atoms with Gasteiger partial charge in [0.15, 0.2) is 17.5 Å². The maximum Gasteiger partial charge on any atom is 0.294 e. The molecule has 4 aromatic rings. The Morgan fingerprint density at radius 2 is 1.66 bits per heavy atom. The number of anilines is 1. The lowest BCUT2D eigenvalue weighted by molar-refractivity contribution is -0.127. The molecule has 1 N–H and O–H groups in total. The molecule has 6 nitrogen and oxygen atoms in total. The molecule has 1 aliphatic heterocycles. The van der Waals surface area contributed by atoms with Gasteiger partial charge in [-0.25, -0.2) is 17.6 Å². The number of nitrogens with one attached hydrogen (secondary N) is 1. The van der Waals surface area contributed by atoms with Crippen LogP contribution in [0.3, 0.4) is 0 Å². The largest absolute Gasteiger partial charge is 0.342 e. The van der Waals surface area contributed by atoms with E-state index in [0.717, 1.165) is 22.5 Å². The number of amides is 3. The average molecular weight is 540 g/mol. The molecular weight excluding hydrogens is 522 g/mol. The number of benzene rings is 3.